The SMILES string of the molecule is Clc1cccc(Br)c1/C=C\Br. The van der Waals surface area contributed by atoms with E-state index >= 15 is 0 Å². The first-order chi connectivity index (χ1) is 5.25. The second kappa shape index (κ2) is 4.29. The van der Waals surface area contributed by atoms with E-state index in [1.165, 1.54) is 0 Å². The molecular weight excluding hydrogens is 291 g/mol. The Hall–Kier alpha value is 0.210. The molecule has 0 aliphatic rings. The fourth-order valence-corrected chi connectivity index (χ4v) is 1.85. The van der Waals surface area contributed by atoms with Crippen LogP contribution in [0.3, 0.4) is 0 Å². The molecule has 58 valence electrons. The summed E-state index contributed by atoms with van der Waals surface area (Å²) in [6.45, 7) is 0. The third-order valence-corrected chi connectivity index (χ3v) is 2.51. The lowest BCUT2D eigenvalue weighted by molar-refractivity contribution is 1.60. The molecule has 0 aliphatic carbocycles. The van der Waals surface area contributed by atoms with E-state index in [9.17, 15) is 0 Å². The summed E-state index contributed by atoms with van der Waals surface area (Å²) in [4.78, 5) is 1.78. The van der Waals surface area contributed by atoms with E-state index in [1.807, 2.05) is 24.3 Å². The molecule has 0 radical (unpaired) electrons. The molecule has 0 heterocycles. The number of benzene rings is 1. The Kier molecular flexibility index (Phi) is 3.63. The predicted molar refractivity (Wildman–Crippen MR) is 57.1 cm³/mol. The van der Waals surface area contributed by atoms with Crippen molar-refractivity contribution in [2.75, 3.05) is 0 Å². The monoisotopic (exact) mass is 294 g/mol. The zero-order valence-corrected chi connectivity index (χ0v) is 9.45. The Labute approximate surface area is 87.5 Å². The van der Waals surface area contributed by atoms with Crippen molar-refractivity contribution in [1.82, 2.24) is 0 Å². The van der Waals surface area contributed by atoms with Crippen LogP contribution < -0.4 is 0 Å². The minimum atomic E-state index is 0.745. The summed E-state index contributed by atoms with van der Waals surface area (Å²) in [5.41, 5.74) is 0.992. The minimum Gasteiger partial charge on any atom is -0.0836 e. The van der Waals surface area contributed by atoms with Crippen LogP contribution >= 0.6 is 43.5 Å². The molecule has 0 N–H and O–H groups in total. The summed E-state index contributed by atoms with van der Waals surface area (Å²) < 4.78 is 1.00. The highest BCUT2D eigenvalue weighted by Gasteiger charge is 1.98. The smallest absolute Gasteiger partial charge is 0.0489 e. The van der Waals surface area contributed by atoms with Gasteiger partial charge in [0.15, 0.2) is 0 Å². The fourth-order valence-electron chi connectivity index (χ4n) is 0.733. The van der Waals surface area contributed by atoms with Gasteiger partial charge in [-0.2, -0.15) is 0 Å². The fraction of sp³-hybridized carbons (Fsp3) is 0. The molecule has 0 saturated carbocycles. The maximum absolute atomic E-state index is 5.91. The van der Waals surface area contributed by atoms with Crippen LogP contribution in [0.5, 0.6) is 0 Å². The van der Waals surface area contributed by atoms with Gasteiger partial charge in [0.25, 0.3) is 0 Å². The lowest BCUT2D eigenvalue weighted by Gasteiger charge is -1.99. The number of halogens is 3. The van der Waals surface area contributed by atoms with E-state index in [4.69, 9.17) is 11.6 Å². The molecule has 3 heteroatoms. The summed E-state index contributed by atoms with van der Waals surface area (Å²) in [6, 6.07) is 5.71. The summed E-state index contributed by atoms with van der Waals surface area (Å²) in [6.07, 6.45) is 1.90. The standard InChI is InChI=1S/C8H5Br2Cl/c9-5-4-6-7(10)2-1-3-8(6)11/h1-5H/b5-4-. The Morgan fingerprint density at radius 3 is 2.64 bits per heavy atom. The molecule has 11 heavy (non-hydrogen) atoms. The number of hydrogen-bond donors (Lipinski definition) is 0. The van der Waals surface area contributed by atoms with E-state index in [1.54, 1.807) is 4.99 Å². The molecular formula is C8H5Br2Cl. The average molecular weight is 296 g/mol. The zero-order chi connectivity index (χ0) is 8.27. The van der Waals surface area contributed by atoms with Gasteiger partial charge >= 0.3 is 0 Å². The van der Waals surface area contributed by atoms with Gasteiger partial charge in [-0.05, 0) is 23.2 Å². The lowest BCUT2D eigenvalue weighted by Crippen LogP contribution is -1.75. The van der Waals surface area contributed by atoms with Gasteiger partial charge in [-0.25, -0.2) is 0 Å². The normalized spacial score (nSPS) is 10.8. The predicted octanol–water partition coefficient (Wildman–Crippen LogP) is 4.47. The van der Waals surface area contributed by atoms with Gasteiger partial charge in [0.05, 0.1) is 0 Å². The van der Waals surface area contributed by atoms with Crippen molar-refractivity contribution in [1.29, 1.82) is 0 Å². The summed E-state index contributed by atoms with van der Waals surface area (Å²) >= 11 is 12.5. The van der Waals surface area contributed by atoms with Gasteiger partial charge in [-0.1, -0.05) is 49.5 Å². The Morgan fingerprint density at radius 2 is 2.09 bits per heavy atom. The highest BCUT2D eigenvalue weighted by Crippen LogP contribution is 2.25. The first kappa shape index (κ1) is 9.30. The van der Waals surface area contributed by atoms with Crippen LogP contribution in [-0.2, 0) is 0 Å². The average Bonchev–Trinajstić information content (AvgIpc) is 1.97. The van der Waals surface area contributed by atoms with E-state index in [0.29, 0.717) is 0 Å². The van der Waals surface area contributed by atoms with Crippen LogP contribution in [0, 0.1) is 0 Å². The van der Waals surface area contributed by atoms with Gasteiger partial charge in [-0.3, -0.25) is 0 Å². The highest BCUT2D eigenvalue weighted by atomic mass is 79.9. The van der Waals surface area contributed by atoms with Gasteiger partial charge < -0.3 is 0 Å². The second-order valence-electron chi connectivity index (χ2n) is 1.93. The van der Waals surface area contributed by atoms with Gasteiger partial charge in [0.2, 0.25) is 0 Å². The van der Waals surface area contributed by atoms with Crippen molar-refractivity contribution in [2.45, 2.75) is 0 Å². The molecule has 0 fully saturated rings. The van der Waals surface area contributed by atoms with Crippen LogP contribution in [0.15, 0.2) is 27.7 Å². The third kappa shape index (κ3) is 2.32. The van der Waals surface area contributed by atoms with Crippen LogP contribution in [0.2, 0.25) is 5.02 Å². The topological polar surface area (TPSA) is 0 Å². The Bertz CT molecular complexity index is 261. The third-order valence-electron chi connectivity index (χ3n) is 1.23. The van der Waals surface area contributed by atoms with E-state index in [2.05, 4.69) is 31.9 Å². The number of hydrogen-bond acceptors (Lipinski definition) is 0. The number of rotatable bonds is 1. The molecule has 0 saturated heterocycles. The first-order valence-corrected chi connectivity index (χ1v) is 5.05. The second-order valence-corrected chi connectivity index (χ2v) is 3.72. The van der Waals surface area contributed by atoms with Gasteiger partial charge in [0.1, 0.15) is 0 Å². The van der Waals surface area contributed by atoms with Crippen molar-refractivity contribution in [3.8, 4) is 0 Å². The van der Waals surface area contributed by atoms with Gasteiger partial charge in [-0.15, -0.1) is 0 Å². The highest BCUT2D eigenvalue weighted by molar-refractivity contribution is 9.11. The van der Waals surface area contributed by atoms with E-state index in [-0.39, 0.29) is 0 Å². The first-order valence-electron chi connectivity index (χ1n) is 2.96. The summed E-state index contributed by atoms with van der Waals surface area (Å²) in [5, 5.41) is 0.745. The van der Waals surface area contributed by atoms with Gasteiger partial charge in [0, 0.05) is 15.1 Å². The quantitative estimate of drug-likeness (QED) is 0.717. The maximum atomic E-state index is 5.91. The lowest BCUT2D eigenvalue weighted by atomic mass is 10.2. The van der Waals surface area contributed by atoms with Crippen LogP contribution in [0.1, 0.15) is 5.56 Å². The van der Waals surface area contributed by atoms with Crippen molar-refractivity contribution < 1.29 is 0 Å². The molecule has 0 aromatic heterocycles. The molecule has 0 unspecified atom stereocenters. The van der Waals surface area contributed by atoms with E-state index < -0.39 is 0 Å². The summed E-state index contributed by atoms with van der Waals surface area (Å²) in [7, 11) is 0. The molecule has 1 rings (SSSR count). The zero-order valence-electron chi connectivity index (χ0n) is 5.52. The van der Waals surface area contributed by atoms with Crippen molar-refractivity contribution in [2.24, 2.45) is 0 Å². The maximum Gasteiger partial charge on any atom is 0.0489 e. The van der Waals surface area contributed by atoms with Crippen LogP contribution in [-0.4, -0.2) is 0 Å². The van der Waals surface area contributed by atoms with Crippen molar-refractivity contribution in [3.05, 3.63) is 38.2 Å². The molecule has 0 nitrogen and oxygen atoms in total. The van der Waals surface area contributed by atoms with E-state index in [0.717, 1.165) is 15.1 Å². The molecule has 0 bridgehead atoms. The molecule has 0 aliphatic heterocycles. The minimum absolute atomic E-state index is 0.745. The Balaban J connectivity index is 3.20. The molecule has 0 atom stereocenters. The van der Waals surface area contributed by atoms with Crippen LogP contribution in [0.25, 0.3) is 6.08 Å². The molecule has 0 amide bonds. The molecule has 1 aromatic carbocycles. The van der Waals surface area contributed by atoms with Crippen molar-refractivity contribution in [3.63, 3.8) is 0 Å². The molecule has 0 spiro atoms. The van der Waals surface area contributed by atoms with Crippen molar-refractivity contribution >= 4 is 49.5 Å². The largest absolute Gasteiger partial charge is 0.0836 e. The summed E-state index contributed by atoms with van der Waals surface area (Å²) in [5.74, 6) is 0. The van der Waals surface area contributed by atoms with Crippen LogP contribution in [0.4, 0.5) is 0 Å². The Morgan fingerprint density at radius 1 is 1.36 bits per heavy atom. The molecule has 1 aromatic rings.